The molecular weight excluding hydrogens is 464 g/mol. The van der Waals surface area contributed by atoms with Crippen LogP contribution in [0.4, 0.5) is 5.82 Å². The molecule has 3 rings (SSSR count). The number of rotatable bonds is 3. The molecule has 6 nitrogen and oxygen atoms in total. The van der Waals surface area contributed by atoms with Crippen molar-refractivity contribution in [2.45, 2.75) is 13.8 Å². The van der Waals surface area contributed by atoms with Crippen LogP contribution in [0.1, 0.15) is 16.8 Å². The molecule has 26 heavy (non-hydrogen) atoms. The molecule has 0 spiro atoms. The van der Waals surface area contributed by atoms with Crippen molar-refractivity contribution in [3.8, 4) is 23.3 Å². The molecule has 0 unspecified atom stereocenters. The fourth-order valence-electron chi connectivity index (χ4n) is 2.82. The minimum atomic E-state index is 0.303. The first kappa shape index (κ1) is 18.5. The van der Waals surface area contributed by atoms with Crippen LogP contribution >= 0.6 is 31.9 Å². The summed E-state index contributed by atoms with van der Waals surface area (Å²) in [5.41, 5.74) is 9.85. The lowest BCUT2D eigenvalue weighted by Gasteiger charge is -2.17. The first-order chi connectivity index (χ1) is 12.3. The molecule has 0 fully saturated rings. The highest BCUT2D eigenvalue weighted by Crippen LogP contribution is 2.45. The molecule has 0 bridgehead atoms. The summed E-state index contributed by atoms with van der Waals surface area (Å²) in [7, 11) is 3.14. The van der Waals surface area contributed by atoms with E-state index in [1.807, 2.05) is 19.9 Å². The molecular formula is C18H16Br2N4O2. The lowest BCUT2D eigenvalue weighted by Crippen LogP contribution is -2.06. The summed E-state index contributed by atoms with van der Waals surface area (Å²) in [5.74, 6) is 1.45. The van der Waals surface area contributed by atoms with Crippen LogP contribution in [0.2, 0.25) is 0 Å². The number of nitrogen functional groups attached to an aromatic ring is 1. The zero-order chi connectivity index (χ0) is 19.2. The van der Waals surface area contributed by atoms with Crippen molar-refractivity contribution in [1.82, 2.24) is 9.55 Å². The van der Waals surface area contributed by atoms with Gasteiger partial charge in [-0.1, -0.05) is 0 Å². The summed E-state index contributed by atoms with van der Waals surface area (Å²) in [4.78, 5) is 4.68. The van der Waals surface area contributed by atoms with Gasteiger partial charge in [-0.3, -0.25) is 4.57 Å². The Hall–Kier alpha value is -2.24. The number of halogens is 2. The number of methoxy groups -OCH3 is 2. The number of hydrogen-bond donors (Lipinski definition) is 1. The third kappa shape index (κ3) is 2.63. The van der Waals surface area contributed by atoms with E-state index in [9.17, 15) is 5.26 Å². The Kier molecular flexibility index (Phi) is 4.86. The van der Waals surface area contributed by atoms with Crippen LogP contribution in [0.25, 0.3) is 16.7 Å². The molecule has 2 aromatic heterocycles. The van der Waals surface area contributed by atoms with E-state index in [2.05, 4.69) is 42.9 Å². The van der Waals surface area contributed by atoms with Gasteiger partial charge in [-0.05, 0) is 57.3 Å². The van der Waals surface area contributed by atoms with Crippen molar-refractivity contribution in [1.29, 1.82) is 5.26 Å². The maximum atomic E-state index is 9.63. The number of nitrogens with two attached hydrogens (primary N) is 1. The zero-order valence-corrected chi connectivity index (χ0v) is 17.8. The molecule has 8 heteroatoms. The Labute approximate surface area is 167 Å². The van der Waals surface area contributed by atoms with E-state index in [-0.39, 0.29) is 0 Å². The molecule has 2 heterocycles. The fraction of sp³-hybridized carbons (Fsp3) is 0.222. The Morgan fingerprint density at radius 3 is 2.19 bits per heavy atom. The second kappa shape index (κ2) is 6.82. The van der Waals surface area contributed by atoms with Gasteiger partial charge in [-0.2, -0.15) is 5.26 Å². The molecule has 0 atom stereocenters. The summed E-state index contributed by atoms with van der Waals surface area (Å²) < 4.78 is 14.0. The van der Waals surface area contributed by atoms with Gasteiger partial charge in [0.25, 0.3) is 0 Å². The van der Waals surface area contributed by atoms with Gasteiger partial charge in [0, 0.05) is 17.1 Å². The van der Waals surface area contributed by atoms with Gasteiger partial charge >= 0.3 is 0 Å². The second-order valence-corrected chi connectivity index (χ2v) is 7.31. The molecule has 1 aromatic carbocycles. The topological polar surface area (TPSA) is 86.1 Å². The van der Waals surface area contributed by atoms with Crippen molar-refractivity contribution in [3.63, 3.8) is 0 Å². The predicted octanol–water partition coefficient (Wildman–Crippen LogP) is 4.64. The van der Waals surface area contributed by atoms with Gasteiger partial charge < -0.3 is 15.2 Å². The molecule has 0 aliphatic heterocycles. The molecule has 0 amide bonds. The third-order valence-electron chi connectivity index (χ3n) is 4.31. The van der Waals surface area contributed by atoms with Crippen LogP contribution in [-0.4, -0.2) is 23.8 Å². The Morgan fingerprint density at radius 1 is 1.12 bits per heavy atom. The number of nitriles is 1. The lowest BCUT2D eigenvalue weighted by atomic mass is 10.1. The van der Waals surface area contributed by atoms with Crippen molar-refractivity contribution in [2.24, 2.45) is 0 Å². The van der Waals surface area contributed by atoms with Crippen molar-refractivity contribution < 1.29 is 9.47 Å². The minimum Gasteiger partial charge on any atom is -0.495 e. The largest absolute Gasteiger partial charge is 0.495 e. The standard InChI is InChI=1S/C18H16Br2N4O2/c1-8-5-10-11(7-21)17(22)24(18(10)23-9(8)2)16-14(19)12(25-3)6-13(26-4)15(16)20/h5-6H,22H2,1-4H3. The number of aryl methyl sites for hydroxylation is 2. The van der Waals surface area contributed by atoms with E-state index in [4.69, 9.17) is 15.2 Å². The van der Waals surface area contributed by atoms with Crippen molar-refractivity contribution in [3.05, 3.63) is 37.9 Å². The number of ether oxygens (including phenoxy) is 2. The van der Waals surface area contributed by atoms with Crippen LogP contribution in [0.5, 0.6) is 11.5 Å². The average molecular weight is 480 g/mol. The highest BCUT2D eigenvalue weighted by molar-refractivity contribution is 9.11. The highest BCUT2D eigenvalue weighted by Gasteiger charge is 2.25. The molecule has 0 aliphatic carbocycles. The highest BCUT2D eigenvalue weighted by atomic mass is 79.9. The van der Waals surface area contributed by atoms with Crippen LogP contribution in [0.3, 0.4) is 0 Å². The maximum absolute atomic E-state index is 9.63. The summed E-state index contributed by atoms with van der Waals surface area (Å²) in [6, 6.07) is 5.88. The van der Waals surface area contributed by atoms with Crippen LogP contribution in [0, 0.1) is 25.2 Å². The molecule has 0 saturated carbocycles. The third-order valence-corrected chi connectivity index (χ3v) is 5.84. The quantitative estimate of drug-likeness (QED) is 0.591. The molecule has 134 valence electrons. The molecule has 0 aliphatic rings. The second-order valence-electron chi connectivity index (χ2n) is 5.73. The van der Waals surface area contributed by atoms with Gasteiger partial charge in [0.15, 0.2) is 0 Å². The first-order valence-electron chi connectivity index (χ1n) is 7.64. The number of fused-ring (bicyclic) bond motifs is 1. The van der Waals surface area contributed by atoms with Crippen LogP contribution in [-0.2, 0) is 0 Å². The molecule has 0 radical (unpaired) electrons. The smallest absolute Gasteiger partial charge is 0.147 e. The predicted molar refractivity (Wildman–Crippen MR) is 108 cm³/mol. The van der Waals surface area contributed by atoms with E-state index in [0.717, 1.165) is 11.3 Å². The monoisotopic (exact) mass is 478 g/mol. The van der Waals surface area contributed by atoms with Gasteiger partial charge in [0.1, 0.15) is 34.6 Å². The van der Waals surface area contributed by atoms with E-state index in [0.29, 0.717) is 48.5 Å². The maximum Gasteiger partial charge on any atom is 0.147 e. The number of aromatic nitrogens is 2. The normalized spacial score (nSPS) is 10.8. The number of nitrogens with zero attached hydrogens (tertiary/aromatic N) is 3. The Bertz CT molecular complexity index is 1060. The van der Waals surface area contributed by atoms with Gasteiger partial charge in [-0.15, -0.1) is 0 Å². The summed E-state index contributed by atoms with van der Waals surface area (Å²) in [6.45, 7) is 3.88. The number of hydrogen-bond acceptors (Lipinski definition) is 5. The number of anilines is 1. The van der Waals surface area contributed by atoms with E-state index >= 15 is 0 Å². The summed E-state index contributed by atoms with van der Waals surface area (Å²) in [6.07, 6.45) is 0. The first-order valence-corrected chi connectivity index (χ1v) is 9.22. The molecule has 2 N–H and O–H groups in total. The number of pyridine rings is 1. The fourth-order valence-corrected chi connectivity index (χ4v) is 4.39. The summed E-state index contributed by atoms with van der Waals surface area (Å²) >= 11 is 7.16. The zero-order valence-electron chi connectivity index (χ0n) is 14.6. The average Bonchev–Trinajstić information content (AvgIpc) is 2.87. The van der Waals surface area contributed by atoms with Crippen molar-refractivity contribution >= 4 is 48.7 Å². The Morgan fingerprint density at radius 2 is 1.69 bits per heavy atom. The molecule has 3 aromatic rings. The summed E-state index contributed by atoms with van der Waals surface area (Å²) in [5, 5.41) is 10.3. The van der Waals surface area contributed by atoms with Crippen LogP contribution in [0.15, 0.2) is 21.1 Å². The SMILES string of the molecule is COc1cc(OC)c(Br)c(-n2c(N)c(C#N)c3cc(C)c(C)nc32)c1Br. The van der Waals surface area contributed by atoms with E-state index < -0.39 is 0 Å². The van der Waals surface area contributed by atoms with Crippen molar-refractivity contribution in [2.75, 3.05) is 20.0 Å². The lowest BCUT2D eigenvalue weighted by molar-refractivity contribution is 0.390. The van der Waals surface area contributed by atoms with Crippen LogP contribution < -0.4 is 15.2 Å². The van der Waals surface area contributed by atoms with Gasteiger partial charge in [0.05, 0.1) is 28.9 Å². The Balaban J connectivity index is 2.53. The van der Waals surface area contributed by atoms with E-state index in [1.165, 1.54) is 0 Å². The molecule has 0 saturated heterocycles. The number of benzene rings is 1. The van der Waals surface area contributed by atoms with E-state index in [1.54, 1.807) is 24.9 Å². The van der Waals surface area contributed by atoms with Gasteiger partial charge in [0.2, 0.25) is 0 Å². The van der Waals surface area contributed by atoms with Gasteiger partial charge in [-0.25, -0.2) is 4.98 Å². The minimum absolute atomic E-state index is 0.303.